The van der Waals surface area contributed by atoms with Gasteiger partial charge >= 0.3 is 0 Å². The number of anilines is 2. The second-order valence-electron chi connectivity index (χ2n) is 3.68. The molecule has 0 atom stereocenters. The van der Waals surface area contributed by atoms with E-state index in [1.54, 1.807) is 0 Å². The van der Waals surface area contributed by atoms with Gasteiger partial charge in [0.1, 0.15) is 16.8 Å². The number of nitrogens with two attached hydrogens (primary N) is 1. The van der Waals surface area contributed by atoms with E-state index in [1.807, 2.05) is 24.3 Å². The molecule has 0 aliphatic heterocycles. The number of H-pyrrole nitrogens is 1. The predicted molar refractivity (Wildman–Crippen MR) is 76.8 cm³/mol. The van der Waals surface area contributed by atoms with Crippen molar-refractivity contribution in [1.82, 2.24) is 9.97 Å². The van der Waals surface area contributed by atoms with Crippen LogP contribution in [0.4, 0.5) is 11.5 Å². The molecule has 100 valence electrons. The van der Waals surface area contributed by atoms with Crippen LogP contribution in [0, 0.1) is 0 Å². The SMILES string of the molecule is NCCOc1cccc(Nc2nc[nH]c(=O)c2Br)c1. The summed E-state index contributed by atoms with van der Waals surface area (Å²) in [5.41, 5.74) is 5.91. The molecule has 19 heavy (non-hydrogen) atoms. The van der Waals surface area contributed by atoms with Crippen LogP contribution in [0.2, 0.25) is 0 Å². The minimum atomic E-state index is -0.243. The van der Waals surface area contributed by atoms with Crippen LogP contribution in [0.1, 0.15) is 0 Å². The third-order valence-corrected chi connectivity index (χ3v) is 3.02. The van der Waals surface area contributed by atoms with E-state index in [4.69, 9.17) is 10.5 Å². The Balaban J connectivity index is 2.19. The third kappa shape index (κ3) is 3.55. The molecule has 1 aromatic heterocycles. The van der Waals surface area contributed by atoms with Crippen molar-refractivity contribution in [2.75, 3.05) is 18.5 Å². The van der Waals surface area contributed by atoms with Crippen LogP contribution >= 0.6 is 15.9 Å². The van der Waals surface area contributed by atoms with Gasteiger partial charge in [0.25, 0.3) is 5.56 Å². The van der Waals surface area contributed by atoms with E-state index in [0.29, 0.717) is 29.2 Å². The van der Waals surface area contributed by atoms with E-state index < -0.39 is 0 Å². The molecule has 0 bridgehead atoms. The van der Waals surface area contributed by atoms with E-state index in [2.05, 4.69) is 31.2 Å². The maximum Gasteiger partial charge on any atom is 0.267 e. The third-order valence-electron chi connectivity index (χ3n) is 2.28. The first-order valence-electron chi connectivity index (χ1n) is 5.64. The average Bonchev–Trinajstić information content (AvgIpc) is 2.42. The summed E-state index contributed by atoms with van der Waals surface area (Å²) in [7, 11) is 0. The summed E-state index contributed by atoms with van der Waals surface area (Å²) in [6, 6.07) is 7.34. The second kappa shape index (κ2) is 6.35. The van der Waals surface area contributed by atoms with Gasteiger partial charge in [-0.15, -0.1) is 0 Å². The molecule has 1 aromatic carbocycles. The van der Waals surface area contributed by atoms with E-state index in [-0.39, 0.29) is 5.56 Å². The largest absolute Gasteiger partial charge is 0.492 e. The van der Waals surface area contributed by atoms with Crippen molar-refractivity contribution in [3.63, 3.8) is 0 Å². The van der Waals surface area contributed by atoms with Gasteiger partial charge in [0.2, 0.25) is 0 Å². The second-order valence-corrected chi connectivity index (χ2v) is 4.48. The van der Waals surface area contributed by atoms with Gasteiger partial charge in [-0.25, -0.2) is 4.98 Å². The Morgan fingerprint density at radius 3 is 3.11 bits per heavy atom. The Bertz CT molecular complexity index is 615. The number of aromatic nitrogens is 2. The number of nitrogens with one attached hydrogen (secondary N) is 2. The molecule has 6 nitrogen and oxygen atoms in total. The van der Waals surface area contributed by atoms with Crippen molar-refractivity contribution in [2.24, 2.45) is 5.73 Å². The minimum Gasteiger partial charge on any atom is -0.492 e. The monoisotopic (exact) mass is 324 g/mol. The summed E-state index contributed by atoms with van der Waals surface area (Å²) in [5, 5.41) is 3.04. The molecular weight excluding hydrogens is 312 g/mol. The first-order valence-corrected chi connectivity index (χ1v) is 6.43. The van der Waals surface area contributed by atoms with Crippen molar-refractivity contribution < 1.29 is 4.74 Å². The Labute approximate surface area is 118 Å². The van der Waals surface area contributed by atoms with Gasteiger partial charge in [0.15, 0.2) is 5.82 Å². The summed E-state index contributed by atoms with van der Waals surface area (Å²) in [4.78, 5) is 17.9. The maximum atomic E-state index is 11.4. The van der Waals surface area contributed by atoms with E-state index in [9.17, 15) is 4.79 Å². The van der Waals surface area contributed by atoms with Gasteiger partial charge in [-0.1, -0.05) is 6.07 Å². The van der Waals surface area contributed by atoms with Crippen LogP contribution in [0.15, 0.2) is 39.9 Å². The molecule has 0 unspecified atom stereocenters. The molecule has 0 saturated carbocycles. The molecule has 0 saturated heterocycles. The highest BCUT2D eigenvalue weighted by Crippen LogP contribution is 2.23. The summed E-state index contributed by atoms with van der Waals surface area (Å²) < 4.78 is 5.77. The highest BCUT2D eigenvalue weighted by Gasteiger charge is 2.05. The van der Waals surface area contributed by atoms with E-state index in [1.165, 1.54) is 6.33 Å². The molecule has 4 N–H and O–H groups in total. The minimum absolute atomic E-state index is 0.243. The highest BCUT2D eigenvalue weighted by atomic mass is 79.9. The highest BCUT2D eigenvalue weighted by molar-refractivity contribution is 9.10. The van der Waals surface area contributed by atoms with Crippen LogP contribution in [-0.2, 0) is 0 Å². The summed E-state index contributed by atoms with van der Waals surface area (Å²) in [5.74, 6) is 1.15. The Morgan fingerprint density at radius 2 is 2.32 bits per heavy atom. The summed E-state index contributed by atoms with van der Waals surface area (Å²) in [6.45, 7) is 0.912. The van der Waals surface area contributed by atoms with E-state index >= 15 is 0 Å². The lowest BCUT2D eigenvalue weighted by atomic mass is 10.3. The van der Waals surface area contributed by atoms with Crippen LogP contribution in [0.5, 0.6) is 5.75 Å². The lowest BCUT2D eigenvalue weighted by molar-refractivity contribution is 0.328. The number of ether oxygens (including phenoxy) is 1. The Morgan fingerprint density at radius 1 is 1.47 bits per heavy atom. The molecule has 0 aliphatic carbocycles. The quantitative estimate of drug-likeness (QED) is 0.777. The smallest absolute Gasteiger partial charge is 0.267 e. The zero-order chi connectivity index (χ0) is 13.7. The predicted octanol–water partition coefficient (Wildman–Crippen LogP) is 1.61. The number of hydrogen-bond acceptors (Lipinski definition) is 5. The zero-order valence-corrected chi connectivity index (χ0v) is 11.6. The number of rotatable bonds is 5. The Hall–Kier alpha value is -1.86. The fraction of sp³-hybridized carbons (Fsp3) is 0.167. The number of nitrogens with zero attached hydrogens (tertiary/aromatic N) is 1. The summed E-state index contributed by atoms with van der Waals surface area (Å²) >= 11 is 3.18. The van der Waals surface area contributed by atoms with Crippen LogP contribution in [-0.4, -0.2) is 23.1 Å². The van der Waals surface area contributed by atoms with Crippen LogP contribution in [0.3, 0.4) is 0 Å². The first-order chi connectivity index (χ1) is 9.20. The lowest BCUT2D eigenvalue weighted by Crippen LogP contribution is -2.11. The van der Waals surface area contributed by atoms with Gasteiger partial charge in [-0.3, -0.25) is 4.79 Å². The molecule has 1 heterocycles. The van der Waals surface area contributed by atoms with Crippen LogP contribution < -0.4 is 21.3 Å². The number of hydrogen-bond donors (Lipinski definition) is 3. The van der Waals surface area contributed by atoms with Gasteiger partial charge in [-0.2, -0.15) is 0 Å². The molecule has 2 rings (SSSR count). The molecule has 0 radical (unpaired) electrons. The van der Waals surface area contributed by atoms with Crippen molar-refractivity contribution >= 4 is 27.4 Å². The number of aromatic amines is 1. The lowest BCUT2D eigenvalue weighted by Gasteiger charge is -2.09. The van der Waals surface area contributed by atoms with E-state index in [0.717, 1.165) is 5.69 Å². The standard InChI is InChI=1S/C12H13BrN4O2/c13-10-11(15-7-16-12(10)18)17-8-2-1-3-9(6-8)19-5-4-14/h1-3,6-7H,4-5,14H2,(H2,15,16,17,18). The van der Waals surface area contributed by atoms with Crippen molar-refractivity contribution in [2.45, 2.75) is 0 Å². The molecule has 0 spiro atoms. The first kappa shape index (κ1) is 13.6. The van der Waals surface area contributed by atoms with Gasteiger partial charge in [-0.05, 0) is 28.1 Å². The van der Waals surface area contributed by atoms with Gasteiger partial charge in [0.05, 0.1) is 6.33 Å². The fourth-order valence-electron chi connectivity index (χ4n) is 1.45. The molecular formula is C12H13BrN4O2. The molecule has 2 aromatic rings. The maximum absolute atomic E-state index is 11.4. The summed E-state index contributed by atoms with van der Waals surface area (Å²) in [6.07, 6.45) is 1.34. The van der Waals surface area contributed by atoms with Gasteiger partial charge < -0.3 is 20.8 Å². The average molecular weight is 325 g/mol. The van der Waals surface area contributed by atoms with Crippen molar-refractivity contribution in [1.29, 1.82) is 0 Å². The van der Waals surface area contributed by atoms with Crippen LogP contribution in [0.25, 0.3) is 0 Å². The van der Waals surface area contributed by atoms with Crippen molar-refractivity contribution in [3.05, 3.63) is 45.4 Å². The number of halogens is 1. The molecule has 0 fully saturated rings. The van der Waals surface area contributed by atoms with Gasteiger partial charge in [0, 0.05) is 18.3 Å². The molecule has 0 amide bonds. The normalized spacial score (nSPS) is 10.2. The molecule has 7 heteroatoms. The Kier molecular flexibility index (Phi) is 4.53. The zero-order valence-electron chi connectivity index (χ0n) is 10.0. The molecule has 0 aliphatic rings. The fourth-order valence-corrected chi connectivity index (χ4v) is 1.76. The topological polar surface area (TPSA) is 93.0 Å². The van der Waals surface area contributed by atoms with Crippen molar-refractivity contribution in [3.8, 4) is 5.75 Å². The number of benzene rings is 1.